The summed E-state index contributed by atoms with van der Waals surface area (Å²) < 4.78 is 0. The maximum Gasteiger partial charge on any atom is 0.257 e. The van der Waals surface area contributed by atoms with Crippen LogP contribution in [0.3, 0.4) is 0 Å². The molecular formula is C22H12Cl2N4O2. The highest BCUT2D eigenvalue weighted by molar-refractivity contribution is 6.37. The molecule has 0 spiro atoms. The van der Waals surface area contributed by atoms with Gasteiger partial charge in [-0.1, -0.05) is 59.6 Å². The Labute approximate surface area is 181 Å². The maximum atomic E-state index is 12.1. The number of hydrogen-bond acceptors (Lipinski definition) is 4. The van der Waals surface area contributed by atoms with Gasteiger partial charge in [0.2, 0.25) is 0 Å². The standard InChI is InChI=1S/C22H12Cl2N4O2/c23-15-10-18(26-20-12-6-2-4-8-14(12)22(30)28-20)16(24)9-17(15)25-19-11-5-1-3-7-13(11)21(29)27-19/h1-10H,(H,25,27,29)(H,26,28,30). The minimum Gasteiger partial charge on any atom is -0.306 e. The number of amidine groups is 2. The molecule has 3 aromatic rings. The SMILES string of the molecule is O=C1NC(=Nc2cc(Cl)c(N=C3NC(=O)c4ccccc43)cc2Cl)c2ccccc21. The van der Waals surface area contributed by atoms with Gasteiger partial charge in [-0.15, -0.1) is 0 Å². The van der Waals surface area contributed by atoms with Crippen molar-refractivity contribution in [2.45, 2.75) is 0 Å². The highest BCUT2D eigenvalue weighted by Gasteiger charge is 2.26. The maximum absolute atomic E-state index is 12.1. The molecule has 5 rings (SSSR count). The second-order valence-electron chi connectivity index (χ2n) is 6.68. The van der Waals surface area contributed by atoms with Gasteiger partial charge in [0.25, 0.3) is 11.8 Å². The van der Waals surface area contributed by atoms with Gasteiger partial charge in [0, 0.05) is 11.1 Å². The van der Waals surface area contributed by atoms with Crippen molar-refractivity contribution < 1.29 is 9.59 Å². The van der Waals surface area contributed by atoms with Gasteiger partial charge in [-0.05, 0) is 24.3 Å². The molecular weight excluding hydrogens is 423 g/mol. The number of halogens is 2. The highest BCUT2D eigenvalue weighted by atomic mass is 35.5. The predicted molar refractivity (Wildman–Crippen MR) is 117 cm³/mol. The van der Waals surface area contributed by atoms with Gasteiger partial charge in [-0.25, -0.2) is 9.98 Å². The largest absolute Gasteiger partial charge is 0.306 e. The van der Waals surface area contributed by atoms with Crippen LogP contribution in [0.25, 0.3) is 0 Å². The number of amides is 2. The molecule has 0 bridgehead atoms. The Kier molecular flexibility index (Phi) is 4.38. The number of rotatable bonds is 2. The van der Waals surface area contributed by atoms with Crippen LogP contribution < -0.4 is 10.6 Å². The molecule has 2 aliphatic heterocycles. The van der Waals surface area contributed by atoms with Crippen LogP contribution in [0.2, 0.25) is 10.0 Å². The summed E-state index contributed by atoms with van der Waals surface area (Å²) in [7, 11) is 0. The first kappa shape index (κ1) is 18.5. The lowest BCUT2D eigenvalue weighted by atomic mass is 10.1. The van der Waals surface area contributed by atoms with Gasteiger partial charge >= 0.3 is 0 Å². The third kappa shape index (κ3) is 3.07. The zero-order valence-corrected chi connectivity index (χ0v) is 16.8. The number of fused-ring (bicyclic) bond motifs is 2. The molecule has 0 unspecified atom stereocenters. The van der Waals surface area contributed by atoms with Crippen molar-refractivity contribution in [3.8, 4) is 0 Å². The molecule has 2 aliphatic rings. The van der Waals surface area contributed by atoms with Crippen LogP contribution in [0.5, 0.6) is 0 Å². The van der Waals surface area contributed by atoms with Crippen molar-refractivity contribution in [1.82, 2.24) is 10.6 Å². The smallest absolute Gasteiger partial charge is 0.257 e. The van der Waals surface area contributed by atoms with Crippen molar-refractivity contribution in [3.63, 3.8) is 0 Å². The van der Waals surface area contributed by atoms with Crippen LogP contribution >= 0.6 is 23.2 Å². The molecule has 2 N–H and O–H groups in total. The van der Waals surface area contributed by atoms with E-state index in [1.165, 1.54) is 0 Å². The normalized spacial score (nSPS) is 17.1. The fourth-order valence-corrected chi connectivity index (χ4v) is 3.77. The minimum absolute atomic E-state index is 0.217. The lowest BCUT2D eigenvalue weighted by Gasteiger charge is -2.06. The number of carbonyl (C=O) groups is 2. The third-order valence-electron chi connectivity index (χ3n) is 4.80. The molecule has 0 aromatic heterocycles. The zero-order valence-electron chi connectivity index (χ0n) is 15.2. The molecule has 0 aliphatic carbocycles. The molecule has 3 aromatic carbocycles. The van der Waals surface area contributed by atoms with E-state index >= 15 is 0 Å². The summed E-state index contributed by atoms with van der Waals surface area (Å²) in [5, 5.41) is 6.09. The highest BCUT2D eigenvalue weighted by Crippen LogP contribution is 2.37. The number of aliphatic imine (C=N–C) groups is 2. The van der Waals surface area contributed by atoms with Crippen LogP contribution in [0.1, 0.15) is 31.8 Å². The summed E-state index contributed by atoms with van der Waals surface area (Å²) in [5.41, 5.74) is 3.30. The van der Waals surface area contributed by atoms with E-state index in [0.29, 0.717) is 55.3 Å². The van der Waals surface area contributed by atoms with Crippen LogP contribution in [-0.2, 0) is 0 Å². The van der Waals surface area contributed by atoms with E-state index in [1.54, 1.807) is 36.4 Å². The van der Waals surface area contributed by atoms with Crippen molar-refractivity contribution in [2.24, 2.45) is 9.98 Å². The van der Waals surface area contributed by atoms with Crippen LogP contribution in [-0.4, -0.2) is 23.5 Å². The van der Waals surface area contributed by atoms with E-state index in [2.05, 4.69) is 20.6 Å². The fraction of sp³-hybridized carbons (Fsp3) is 0. The molecule has 2 amide bonds. The molecule has 0 saturated carbocycles. The Hall–Kier alpha value is -3.48. The van der Waals surface area contributed by atoms with Crippen molar-refractivity contribution in [1.29, 1.82) is 0 Å². The first-order chi connectivity index (χ1) is 14.5. The first-order valence-electron chi connectivity index (χ1n) is 8.99. The Balaban J connectivity index is 1.53. The van der Waals surface area contributed by atoms with Crippen LogP contribution in [0.4, 0.5) is 11.4 Å². The fourth-order valence-electron chi connectivity index (χ4n) is 3.37. The molecule has 6 nitrogen and oxygen atoms in total. The van der Waals surface area contributed by atoms with Crippen molar-refractivity contribution >= 4 is 58.1 Å². The van der Waals surface area contributed by atoms with Gasteiger partial charge in [-0.2, -0.15) is 0 Å². The van der Waals surface area contributed by atoms with E-state index in [0.717, 1.165) is 0 Å². The number of hydrogen-bond donors (Lipinski definition) is 2. The lowest BCUT2D eigenvalue weighted by molar-refractivity contribution is 0.0975. The van der Waals surface area contributed by atoms with Gasteiger partial charge in [-0.3, -0.25) is 9.59 Å². The summed E-state index contributed by atoms with van der Waals surface area (Å²) >= 11 is 12.8. The van der Waals surface area contributed by atoms with Gasteiger partial charge in [0.15, 0.2) is 0 Å². The number of nitrogens with zero attached hydrogens (tertiary/aromatic N) is 2. The average Bonchev–Trinajstić information content (AvgIpc) is 3.23. The molecule has 0 atom stereocenters. The minimum atomic E-state index is -0.217. The second kappa shape index (κ2) is 7.09. The summed E-state index contributed by atoms with van der Waals surface area (Å²) in [6.45, 7) is 0. The monoisotopic (exact) mass is 434 g/mol. The van der Waals surface area contributed by atoms with Crippen LogP contribution in [0, 0.1) is 0 Å². The summed E-state index contributed by atoms with van der Waals surface area (Å²) in [6, 6.07) is 17.5. The van der Waals surface area contributed by atoms with E-state index in [9.17, 15) is 9.59 Å². The van der Waals surface area contributed by atoms with E-state index in [4.69, 9.17) is 23.2 Å². The number of carbonyl (C=O) groups excluding carboxylic acids is 2. The van der Waals surface area contributed by atoms with Gasteiger partial charge < -0.3 is 10.6 Å². The Bertz CT molecular complexity index is 1210. The summed E-state index contributed by atoms with van der Waals surface area (Å²) in [6.07, 6.45) is 0. The van der Waals surface area contributed by atoms with Crippen molar-refractivity contribution in [2.75, 3.05) is 0 Å². The quantitative estimate of drug-likeness (QED) is 0.615. The first-order valence-corrected chi connectivity index (χ1v) is 9.75. The number of benzene rings is 3. The Morgan fingerprint density at radius 1 is 0.600 bits per heavy atom. The van der Waals surface area contributed by atoms with Gasteiger partial charge in [0.1, 0.15) is 11.7 Å². The molecule has 8 heteroatoms. The van der Waals surface area contributed by atoms with E-state index in [1.807, 2.05) is 24.3 Å². The molecule has 30 heavy (non-hydrogen) atoms. The molecule has 2 heterocycles. The van der Waals surface area contributed by atoms with E-state index < -0.39 is 0 Å². The average molecular weight is 435 g/mol. The molecule has 146 valence electrons. The van der Waals surface area contributed by atoms with Crippen molar-refractivity contribution in [3.05, 3.63) is 93.0 Å². The summed E-state index contributed by atoms with van der Waals surface area (Å²) in [5.74, 6) is 0.379. The molecule has 0 radical (unpaired) electrons. The molecule has 0 fully saturated rings. The lowest BCUT2D eigenvalue weighted by Crippen LogP contribution is -2.21. The Morgan fingerprint density at radius 3 is 1.37 bits per heavy atom. The Morgan fingerprint density at radius 2 is 0.967 bits per heavy atom. The number of nitrogens with one attached hydrogen (secondary N) is 2. The second-order valence-corrected chi connectivity index (χ2v) is 7.49. The third-order valence-corrected chi connectivity index (χ3v) is 5.40. The zero-order chi connectivity index (χ0) is 20.8. The summed E-state index contributed by atoms with van der Waals surface area (Å²) in [4.78, 5) is 33.1. The predicted octanol–water partition coefficient (Wildman–Crippen LogP) is 4.64. The topological polar surface area (TPSA) is 82.9 Å². The van der Waals surface area contributed by atoms with Crippen LogP contribution in [0.15, 0.2) is 70.6 Å². The molecule has 0 saturated heterocycles. The van der Waals surface area contributed by atoms with Gasteiger partial charge in [0.05, 0.1) is 32.5 Å². The van der Waals surface area contributed by atoms with E-state index in [-0.39, 0.29) is 11.8 Å².